The predicted octanol–water partition coefficient (Wildman–Crippen LogP) is 2.95. The van der Waals surface area contributed by atoms with E-state index in [9.17, 15) is 33.6 Å². The summed E-state index contributed by atoms with van der Waals surface area (Å²) in [4.78, 5) is 89.0. The van der Waals surface area contributed by atoms with E-state index in [-0.39, 0.29) is 61.7 Å². The Morgan fingerprint density at radius 1 is 0.472 bits per heavy atom. The number of hydrogen-bond donors (Lipinski definition) is 9. The molecule has 0 spiro atoms. The zero-order valence-corrected chi connectivity index (χ0v) is 76.2. The van der Waals surface area contributed by atoms with Gasteiger partial charge in [-0.15, -0.1) is 0 Å². The van der Waals surface area contributed by atoms with Gasteiger partial charge in [0.1, 0.15) is 70.7 Å². The average molecular weight is 1780 g/mol. The number of nitrogens with zero attached hydrogens (tertiary/aromatic N) is 5. The van der Waals surface area contributed by atoms with E-state index in [4.69, 9.17) is 81.3 Å². The molecular weight excluding hydrogens is 1640 g/mol. The normalized spacial score (nSPS) is 17.1. The highest BCUT2D eigenvalue weighted by Gasteiger charge is 2.38. The Morgan fingerprint density at radius 3 is 1.20 bits per heavy atom. The maximum atomic E-state index is 12.3. The molecular formula is C90H136BN13O23. The lowest BCUT2D eigenvalue weighted by atomic mass is 10.1. The number of aliphatic carboxylic acids is 1. The zero-order valence-electron chi connectivity index (χ0n) is 76.2. The summed E-state index contributed by atoms with van der Waals surface area (Å²) < 4.78 is 76.7. The van der Waals surface area contributed by atoms with Crippen molar-refractivity contribution in [1.29, 1.82) is 0 Å². The first-order chi connectivity index (χ1) is 61.4. The minimum atomic E-state index is -0.904. The Kier molecular flexibility index (Phi) is 55.5. The van der Waals surface area contributed by atoms with Gasteiger partial charge in [0.25, 0.3) is 0 Å². The second kappa shape index (κ2) is 64.5. The molecule has 0 aromatic heterocycles. The Morgan fingerprint density at radius 2 is 0.835 bits per heavy atom. The van der Waals surface area contributed by atoms with Crippen molar-refractivity contribution in [2.45, 2.75) is 81.6 Å². The number of amides is 3. The fourth-order valence-electron chi connectivity index (χ4n) is 12.0. The molecule has 127 heavy (non-hydrogen) atoms. The number of carbonyl (C=O) groups excluding carboxylic acids is 6. The van der Waals surface area contributed by atoms with E-state index in [1.54, 1.807) is 75.7 Å². The number of carboxylic acid groups (broad SMARTS) is 1. The summed E-state index contributed by atoms with van der Waals surface area (Å²) in [5.74, 6) is 2.72. The first kappa shape index (κ1) is 109. The van der Waals surface area contributed by atoms with Gasteiger partial charge in [0.2, 0.25) is 19.7 Å². The SMILES string of the molecule is CN[C@@H]1COCCN(Cc2ccc(OC)cc2)C1=O.CN[C@H](COCCNCc1ccc(OC)cc1)C(=O)O.CN[C@H](COCCNCc1ccc(OC)cc1)C(=O)OC.COC(=O)C1CN1C.COc1ccc(CN2CCOC[C@@H](N)C2)cc1.COc1ccc(CN2CCOC[C@@H](N)C2=O)cc1.[B]C(=O)N(CCOC[C@@H](NC)C(=O)OC)Cc1ccc(OC)cc1. The molecule has 10 rings (SSSR count). The van der Waals surface area contributed by atoms with Crippen LogP contribution in [0.15, 0.2) is 146 Å². The lowest BCUT2D eigenvalue weighted by Crippen LogP contribution is -2.45. The van der Waals surface area contributed by atoms with Crippen LogP contribution < -0.4 is 71.8 Å². The van der Waals surface area contributed by atoms with Crippen LogP contribution in [0, 0.1) is 0 Å². The van der Waals surface area contributed by atoms with Gasteiger partial charge in [0.05, 0.1) is 143 Å². The van der Waals surface area contributed by atoms with Gasteiger partial charge in [0.15, 0.2) is 5.81 Å². The van der Waals surface area contributed by atoms with Crippen LogP contribution in [0.5, 0.6) is 34.5 Å². The molecule has 2 radical (unpaired) electrons. The maximum Gasteiger partial charge on any atom is 0.325 e. The second-order valence-corrected chi connectivity index (χ2v) is 29.0. The molecule has 4 aliphatic heterocycles. The summed E-state index contributed by atoms with van der Waals surface area (Å²) in [6, 6.07) is 44.4. The van der Waals surface area contributed by atoms with Gasteiger partial charge < -0.3 is 134 Å². The molecule has 4 aliphatic rings. The first-order valence-electron chi connectivity index (χ1n) is 41.7. The van der Waals surface area contributed by atoms with Gasteiger partial charge in [-0.25, -0.2) is 0 Å². The van der Waals surface area contributed by atoms with E-state index in [1.807, 2.05) is 150 Å². The molecule has 3 amide bonds. The highest BCUT2D eigenvalue weighted by atomic mass is 16.5. The molecule has 4 saturated heterocycles. The fraction of sp³-hybridized carbons (Fsp3) is 0.522. The van der Waals surface area contributed by atoms with Crippen LogP contribution in [-0.4, -0.2) is 352 Å². The number of ether oxygens (including phenoxy) is 15. The van der Waals surface area contributed by atoms with Crippen molar-refractivity contribution in [1.82, 2.24) is 56.4 Å². The number of rotatable bonds is 41. The minimum Gasteiger partial charge on any atom is -0.497 e. The third-order valence-corrected chi connectivity index (χ3v) is 19.9. The number of esters is 3. The van der Waals surface area contributed by atoms with Crippen molar-refractivity contribution in [3.63, 3.8) is 0 Å². The van der Waals surface area contributed by atoms with Crippen molar-refractivity contribution in [3.05, 3.63) is 179 Å². The highest BCUT2D eigenvalue weighted by Crippen LogP contribution is 2.20. The molecule has 37 heteroatoms. The van der Waals surface area contributed by atoms with Crippen LogP contribution in [0.3, 0.4) is 0 Å². The Labute approximate surface area is 749 Å². The fourth-order valence-corrected chi connectivity index (χ4v) is 12.0. The Balaban J connectivity index is 0.000000314. The van der Waals surface area contributed by atoms with Crippen molar-refractivity contribution in [2.24, 2.45) is 11.5 Å². The van der Waals surface area contributed by atoms with E-state index >= 15 is 0 Å². The standard InChI is InChI=1S/C16H23BN2O5.C15H24N2O4.C14H22N2O4.C14H20N2O3.C13H18N2O3.C13H20N2O2.C5H9NO2/c1-18-14(15(20)23-3)11-24-9-8-19(16(17)21)10-12-4-6-13(22-2)7-5-12;1-16-14(15(18)20-3)11-21-9-8-17-10-12-4-6-13(19-2)7-5-12;1-15-13(14(17)18)10-20-8-7-16-9-11-3-5-12(19-2)6-4-11;1-15-13-10-19-8-7-16(14(13)17)9-11-3-5-12(18-2)6-4-11;1-17-11-4-2-10(3-5-11)8-15-6-7-18-9-12(14)13(15)16;1-16-13-4-2-11(3-5-13)8-15-6-7-17-10-12(14)9-15;1-6-3-4(6)5(7)8-2/h4-7,14,18H,8-11H2,1-3H3;4-7,14,16-17H,8-11H2,1-3H3;3-6,13,15-16H,7-10H2,1-2H3,(H,17,18);3-6,13,15H,7-10H2,1-2H3;2-5,12H,6-9,14H2,1H3;2-5,12H,6-10,14H2,1H3;4H,3H2,1-2H3/t2*14-;2*13-;2*12-;/m111110./s1. The molecule has 8 atom stereocenters. The average Bonchev–Trinajstić information content (AvgIpc) is 1.70. The van der Waals surface area contributed by atoms with Crippen LogP contribution in [-0.2, 0) is 111 Å². The third kappa shape index (κ3) is 44.4. The van der Waals surface area contributed by atoms with Crippen LogP contribution >= 0.6 is 0 Å². The van der Waals surface area contributed by atoms with E-state index in [0.717, 1.165) is 103 Å². The summed E-state index contributed by atoms with van der Waals surface area (Å²) in [6.07, 6.45) is 0. The predicted molar refractivity (Wildman–Crippen MR) is 481 cm³/mol. The van der Waals surface area contributed by atoms with Crippen LogP contribution in [0.4, 0.5) is 4.79 Å². The van der Waals surface area contributed by atoms with Crippen molar-refractivity contribution in [3.8, 4) is 34.5 Å². The van der Waals surface area contributed by atoms with E-state index < -0.39 is 41.9 Å². The van der Waals surface area contributed by atoms with E-state index in [1.165, 1.54) is 37.4 Å². The molecule has 11 N–H and O–H groups in total. The lowest BCUT2D eigenvalue weighted by Gasteiger charge is -2.23. The maximum absolute atomic E-state index is 12.3. The molecule has 4 fully saturated rings. The number of hydrogen-bond acceptors (Lipinski definition) is 32. The highest BCUT2D eigenvalue weighted by molar-refractivity contribution is 6.56. The molecule has 6 aromatic rings. The summed E-state index contributed by atoms with van der Waals surface area (Å²) >= 11 is 0. The number of carboxylic acids is 1. The summed E-state index contributed by atoms with van der Waals surface area (Å²) in [7, 11) is 27.9. The van der Waals surface area contributed by atoms with Crippen molar-refractivity contribution in [2.75, 3.05) is 231 Å². The third-order valence-electron chi connectivity index (χ3n) is 19.9. The number of likely N-dealkylation sites (N-methyl/N-ethyl adjacent to an activating group) is 5. The molecule has 702 valence electrons. The molecule has 6 aromatic carbocycles. The van der Waals surface area contributed by atoms with Gasteiger partial charge in [-0.2, -0.15) is 0 Å². The number of nitrogens with two attached hydrogens (primary N) is 2. The Bertz CT molecular complexity index is 4010. The summed E-state index contributed by atoms with van der Waals surface area (Å²) in [6.45, 7) is 14.7. The number of benzene rings is 6. The minimum absolute atomic E-state index is 0.0525. The Hall–Kier alpha value is -10.2. The smallest absolute Gasteiger partial charge is 0.325 e. The number of carbonyl (C=O) groups is 7. The number of nitrogens with one attached hydrogen (secondary N) is 6. The second-order valence-electron chi connectivity index (χ2n) is 29.0. The monoisotopic (exact) mass is 1780 g/mol. The molecule has 36 nitrogen and oxygen atoms in total. The molecule has 0 bridgehead atoms. The van der Waals surface area contributed by atoms with Gasteiger partial charge >= 0.3 is 23.9 Å². The van der Waals surface area contributed by atoms with Crippen molar-refractivity contribution >= 4 is 49.3 Å². The molecule has 0 saturated carbocycles. The first-order valence-corrected chi connectivity index (χ1v) is 41.7. The van der Waals surface area contributed by atoms with Crippen LogP contribution in [0.2, 0.25) is 0 Å². The summed E-state index contributed by atoms with van der Waals surface area (Å²) in [5.41, 5.74) is 18.4. The van der Waals surface area contributed by atoms with Crippen LogP contribution in [0.25, 0.3) is 0 Å². The summed E-state index contributed by atoms with van der Waals surface area (Å²) in [5, 5.41) is 26.6. The van der Waals surface area contributed by atoms with Crippen molar-refractivity contribution < 1.29 is 110 Å². The van der Waals surface area contributed by atoms with E-state index in [0.29, 0.717) is 105 Å². The lowest BCUT2D eigenvalue weighted by molar-refractivity contribution is -0.145. The molecule has 4 heterocycles. The zero-order chi connectivity index (χ0) is 93.1. The van der Waals surface area contributed by atoms with E-state index in [2.05, 4.69) is 63.1 Å². The quantitative estimate of drug-likeness (QED) is 0.00876. The topological polar surface area (TPSA) is 418 Å². The number of methoxy groups -OCH3 is 9. The van der Waals surface area contributed by atoms with Gasteiger partial charge in [-0.3, -0.25) is 43.4 Å². The van der Waals surface area contributed by atoms with Gasteiger partial charge in [-0.05, 0) is 141 Å². The van der Waals surface area contributed by atoms with Crippen LogP contribution in [0.1, 0.15) is 33.4 Å². The molecule has 0 aliphatic carbocycles. The molecule has 2 unspecified atom stereocenters. The van der Waals surface area contributed by atoms with Gasteiger partial charge in [0, 0.05) is 97.7 Å². The van der Waals surface area contributed by atoms with Gasteiger partial charge in [-0.1, -0.05) is 72.8 Å². The largest absolute Gasteiger partial charge is 0.497 e.